The van der Waals surface area contributed by atoms with Crippen molar-refractivity contribution in [1.82, 2.24) is 5.32 Å². The molecule has 0 spiro atoms. The Hall–Kier alpha value is -1.84. The van der Waals surface area contributed by atoms with Crippen LogP contribution in [0.5, 0.6) is 0 Å². The van der Waals surface area contributed by atoms with E-state index in [-0.39, 0.29) is 17.8 Å². The highest BCUT2D eigenvalue weighted by atomic mass is 16.5. The van der Waals surface area contributed by atoms with Crippen LogP contribution in [0.15, 0.2) is 24.3 Å². The largest absolute Gasteiger partial charge is 0.468 e. The SMILES string of the molecule is COC(=O)[C@H]1CNC(=O)c2ccccc21. The number of carbonyl (C=O) groups is 2. The van der Waals surface area contributed by atoms with Gasteiger partial charge in [-0.3, -0.25) is 9.59 Å². The number of nitrogens with one attached hydrogen (secondary N) is 1. The predicted octanol–water partition coefficient (Wildman–Crippen LogP) is 0.687. The summed E-state index contributed by atoms with van der Waals surface area (Å²) in [4.78, 5) is 22.9. The molecule has 1 aliphatic heterocycles. The standard InChI is InChI=1S/C11H11NO3/c1-15-11(14)9-6-12-10(13)8-5-3-2-4-7(8)9/h2-5,9H,6H2,1H3,(H,12,13)/t9-/m0/s1. The average Bonchev–Trinajstić information content (AvgIpc) is 2.29. The van der Waals surface area contributed by atoms with Crippen LogP contribution in [0.2, 0.25) is 0 Å². The van der Waals surface area contributed by atoms with E-state index in [0.717, 1.165) is 5.56 Å². The molecule has 1 heterocycles. The predicted molar refractivity (Wildman–Crippen MR) is 53.5 cm³/mol. The van der Waals surface area contributed by atoms with Gasteiger partial charge in [-0.1, -0.05) is 18.2 Å². The van der Waals surface area contributed by atoms with E-state index in [0.29, 0.717) is 12.1 Å². The number of hydrogen-bond donors (Lipinski definition) is 1. The van der Waals surface area contributed by atoms with Gasteiger partial charge in [0.15, 0.2) is 0 Å². The second-order valence-electron chi connectivity index (χ2n) is 3.37. The smallest absolute Gasteiger partial charge is 0.314 e. The number of methoxy groups -OCH3 is 1. The van der Waals surface area contributed by atoms with Gasteiger partial charge >= 0.3 is 5.97 Å². The molecule has 1 aromatic rings. The molecule has 1 amide bonds. The zero-order chi connectivity index (χ0) is 10.8. The lowest BCUT2D eigenvalue weighted by atomic mass is 9.90. The van der Waals surface area contributed by atoms with Gasteiger partial charge in [-0.05, 0) is 11.6 Å². The monoisotopic (exact) mass is 205 g/mol. The molecule has 4 nitrogen and oxygen atoms in total. The van der Waals surface area contributed by atoms with Gasteiger partial charge in [-0.2, -0.15) is 0 Å². The molecule has 0 aliphatic carbocycles. The quantitative estimate of drug-likeness (QED) is 0.686. The van der Waals surface area contributed by atoms with E-state index in [4.69, 9.17) is 4.74 Å². The summed E-state index contributed by atoms with van der Waals surface area (Å²) >= 11 is 0. The maximum atomic E-state index is 11.5. The minimum atomic E-state index is -0.385. The lowest BCUT2D eigenvalue weighted by Gasteiger charge is -2.23. The maximum Gasteiger partial charge on any atom is 0.314 e. The summed E-state index contributed by atoms with van der Waals surface area (Å²) < 4.78 is 4.69. The first-order valence-corrected chi connectivity index (χ1v) is 4.69. The summed E-state index contributed by atoms with van der Waals surface area (Å²) in [6.07, 6.45) is 0. The van der Waals surface area contributed by atoms with Crippen LogP contribution in [0.1, 0.15) is 21.8 Å². The number of amides is 1. The fraction of sp³-hybridized carbons (Fsp3) is 0.273. The molecule has 0 saturated heterocycles. The van der Waals surface area contributed by atoms with Gasteiger partial charge < -0.3 is 10.1 Å². The van der Waals surface area contributed by atoms with Crippen molar-refractivity contribution < 1.29 is 14.3 Å². The molecule has 0 radical (unpaired) electrons. The van der Waals surface area contributed by atoms with Crippen LogP contribution in [0.4, 0.5) is 0 Å². The van der Waals surface area contributed by atoms with E-state index in [1.807, 2.05) is 6.07 Å². The van der Waals surface area contributed by atoms with E-state index < -0.39 is 0 Å². The summed E-state index contributed by atoms with van der Waals surface area (Å²) in [5.41, 5.74) is 1.30. The number of fused-ring (bicyclic) bond motifs is 1. The van der Waals surface area contributed by atoms with Crippen molar-refractivity contribution in [2.75, 3.05) is 13.7 Å². The molecule has 0 unspecified atom stereocenters. The van der Waals surface area contributed by atoms with E-state index >= 15 is 0 Å². The Bertz CT molecular complexity index is 414. The van der Waals surface area contributed by atoms with Crippen LogP contribution in [0, 0.1) is 0 Å². The van der Waals surface area contributed by atoms with Crippen molar-refractivity contribution in [3.05, 3.63) is 35.4 Å². The second kappa shape index (κ2) is 3.73. The highest BCUT2D eigenvalue weighted by Gasteiger charge is 2.30. The Morgan fingerprint density at radius 1 is 1.47 bits per heavy atom. The molecule has 15 heavy (non-hydrogen) atoms. The molecule has 78 valence electrons. The minimum Gasteiger partial charge on any atom is -0.468 e. The van der Waals surface area contributed by atoms with E-state index in [1.165, 1.54) is 7.11 Å². The van der Waals surface area contributed by atoms with Crippen LogP contribution < -0.4 is 5.32 Å². The first-order valence-electron chi connectivity index (χ1n) is 4.69. The summed E-state index contributed by atoms with van der Waals surface area (Å²) in [7, 11) is 1.35. The highest BCUT2D eigenvalue weighted by Crippen LogP contribution is 2.24. The normalized spacial score (nSPS) is 19.0. The van der Waals surface area contributed by atoms with E-state index in [1.54, 1.807) is 18.2 Å². The summed E-state index contributed by atoms with van der Waals surface area (Å²) in [6, 6.07) is 7.08. The number of benzene rings is 1. The van der Waals surface area contributed by atoms with Gasteiger partial charge in [0.25, 0.3) is 5.91 Å². The van der Waals surface area contributed by atoms with Gasteiger partial charge in [0.1, 0.15) is 0 Å². The third-order valence-electron chi connectivity index (χ3n) is 2.53. The molecule has 0 aromatic heterocycles. The summed E-state index contributed by atoms with van der Waals surface area (Å²) in [5.74, 6) is -0.836. The zero-order valence-corrected chi connectivity index (χ0v) is 8.32. The number of rotatable bonds is 1. The number of carbonyl (C=O) groups excluding carboxylic acids is 2. The van der Waals surface area contributed by atoms with E-state index in [9.17, 15) is 9.59 Å². The third-order valence-corrected chi connectivity index (χ3v) is 2.53. The molecule has 1 atom stereocenters. The van der Waals surface area contributed by atoms with Crippen molar-refractivity contribution >= 4 is 11.9 Å². The molecule has 4 heteroatoms. The van der Waals surface area contributed by atoms with Gasteiger partial charge in [-0.25, -0.2) is 0 Å². The van der Waals surface area contributed by atoms with Crippen molar-refractivity contribution in [1.29, 1.82) is 0 Å². The number of esters is 1. The molecular weight excluding hydrogens is 194 g/mol. The van der Waals surface area contributed by atoms with Gasteiger partial charge in [0, 0.05) is 12.1 Å². The van der Waals surface area contributed by atoms with E-state index in [2.05, 4.69) is 5.32 Å². The van der Waals surface area contributed by atoms with Gasteiger partial charge in [0.05, 0.1) is 13.0 Å². The zero-order valence-electron chi connectivity index (χ0n) is 8.32. The molecule has 1 aromatic carbocycles. The van der Waals surface area contributed by atoms with Crippen molar-refractivity contribution in [3.8, 4) is 0 Å². The molecule has 2 rings (SSSR count). The molecule has 0 saturated carbocycles. The van der Waals surface area contributed by atoms with Crippen molar-refractivity contribution in [2.45, 2.75) is 5.92 Å². The minimum absolute atomic E-state index is 0.134. The Labute approximate surface area is 87.2 Å². The maximum absolute atomic E-state index is 11.5. The second-order valence-corrected chi connectivity index (χ2v) is 3.37. The molecule has 1 aliphatic rings. The first-order chi connectivity index (χ1) is 7.24. The first kappa shape index (κ1) is 9.71. The summed E-state index contributed by atoms with van der Waals surface area (Å²) in [5, 5.41) is 2.66. The van der Waals surface area contributed by atoms with Crippen molar-refractivity contribution in [2.24, 2.45) is 0 Å². The Morgan fingerprint density at radius 3 is 2.93 bits per heavy atom. The lowest BCUT2D eigenvalue weighted by molar-refractivity contribution is -0.142. The number of ether oxygens (including phenoxy) is 1. The molecule has 1 N–H and O–H groups in total. The lowest BCUT2D eigenvalue weighted by Crippen LogP contribution is -2.38. The number of hydrogen-bond acceptors (Lipinski definition) is 3. The molecular formula is C11H11NO3. The van der Waals surface area contributed by atoms with Gasteiger partial charge in [-0.15, -0.1) is 0 Å². The van der Waals surface area contributed by atoms with Crippen LogP contribution in [0.25, 0.3) is 0 Å². The van der Waals surface area contributed by atoms with Crippen molar-refractivity contribution in [3.63, 3.8) is 0 Å². The molecule has 0 fully saturated rings. The average molecular weight is 205 g/mol. The topological polar surface area (TPSA) is 55.4 Å². The third kappa shape index (κ3) is 1.58. The Kier molecular flexibility index (Phi) is 2.41. The highest BCUT2D eigenvalue weighted by molar-refractivity contribution is 5.99. The Morgan fingerprint density at radius 2 is 2.20 bits per heavy atom. The van der Waals surface area contributed by atoms with Gasteiger partial charge in [0.2, 0.25) is 0 Å². The fourth-order valence-electron chi connectivity index (χ4n) is 1.76. The summed E-state index contributed by atoms with van der Waals surface area (Å²) in [6.45, 7) is 0.308. The van der Waals surface area contributed by atoms with Crippen LogP contribution in [0.3, 0.4) is 0 Å². The molecule has 0 bridgehead atoms. The van der Waals surface area contributed by atoms with Crippen LogP contribution in [-0.4, -0.2) is 25.5 Å². The Balaban J connectivity index is 2.44. The van der Waals surface area contributed by atoms with Crippen LogP contribution in [-0.2, 0) is 9.53 Å². The fourth-order valence-corrected chi connectivity index (χ4v) is 1.76. The van der Waals surface area contributed by atoms with Crippen LogP contribution >= 0.6 is 0 Å².